The van der Waals surface area contributed by atoms with Gasteiger partial charge in [-0.15, -0.1) is 0 Å². The molecule has 16 heavy (non-hydrogen) atoms. The molecule has 0 aliphatic heterocycles. The molecule has 0 aromatic heterocycles. The van der Waals surface area contributed by atoms with Gasteiger partial charge in [0.1, 0.15) is 5.75 Å². The van der Waals surface area contributed by atoms with Crippen LogP contribution < -0.4 is 10.1 Å². The molecule has 1 N–H and O–H groups in total. The summed E-state index contributed by atoms with van der Waals surface area (Å²) in [6, 6.07) is 8.01. The summed E-state index contributed by atoms with van der Waals surface area (Å²) < 4.78 is 10.6. The highest BCUT2D eigenvalue weighted by Crippen LogP contribution is 2.16. The molecule has 0 amide bonds. The Bertz CT molecular complexity index is 282. The van der Waals surface area contributed by atoms with E-state index >= 15 is 0 Å². The predicted molar refractivity (Wildman–Crippen MR) is 67.1 cm³/mol. The van der Waals surface area contributed by atoms with Gasteiger partial charge in [0.05, 0.1) is 13.2 Å². The molecule has 1 rings (SSSR count). The van der Waals surface area contributed by atoms with Crippen molar-refractivity contribution in [2.24, 2.45) is 5.92 Å². The second kappa shape index (κ2) is 7.12. The fourth-order valence-electron chi connectivity index (χ4n) is 1.23. The molecule has 0 saturated heterocycles. The van der Waals surface area contributed by atoms with Crippen LogP contribution in [0.1, 0.15) is 13.8 Å². The van der Waals surface area contributed by atoms with E-state index in [4.69, 9.17) is 9.47 Å². The lowest BCUT2D eigenvalue weighted by Gasteiger charge is -2.10. The molecule has 0 bridgehead atoms. The third-order valence-corrected chi connectivity index (χ3v) is 2.07. The van der Waals surface area contributed by atoms with Crippen molar-refractivity contribution >= 4 is 5.69 Å². The minimum absolute atomic E-state index is 0.555. The summed E-state index contributed by atoms with van der Waals surface area (Å²) >= 11 is 0. The van der Waals surface area contributed by atoms with Crippen LogP contribution in [0.15, 0.2) is 24.3 Å². The summed E-state index contributed by atoms with van der Waals surface area (Å²) in [6.45, 7) is 6.58. The molecule has 0 aliphatic carbocycles. The van der Waals surface area contributed by atoms with Crippen LogP contribution in [0.4, 0.5) is 5.69 Å². The second-order valence-electron chi connectivity index (χ2n) is 4.15. The van der Waals surface area contributed by atoms with Gasteiger partial charge in [-0.2, -0.15) is 0 Å². The summed E-state index contributed by atoms with van der Waals surface area (Å²) in [5.41, 5.74) is 1.09. The number of ether oxygens (including phenoxy) is 2. The molecule has 0 atom stereocenters. The number of nitrogens with one attached hydrogen (secondary N) is 1. The number of benzene rings is 1. The van der Waals surface area contributed by atoms with Gasteiger partial charge >= 0.3 is 0 Å². The molecule has 0 fully saturated rings. The van der Waals surface area contributed by atoms with Crippen LogP contribution in [0.2, 0.25) is 0 Å². The standard InChI is InChI=1S/C13H21NO2/c1-11(2)10-16-13-6-4-12(5-7-13)14-8-9-15-3/h4-7,11,14H,8-10H2,1-3H3. The number of rotatable bonds is 7. The van der Waals surface area contributed by atoms with Gasteiger partial charge in [-0.3, -0.25) is 0 Å². The van der Waals surface area contributed by atoms with Crippen molar-refractivity contribution in [1.29, 1.82) is 0 Å². The molecule has 90 valence electrons. The van der Waals surface area contributed by atoms with Gasteiger partial charge < -0.3 is 14.8 Å². The molecule has 0 unspecified atom stereocenters. The molecule has 3 heteroatoms. The lowest BCUT2D eigenvalue weighted by molar-refractivity contribution is 0.211. The van der Waals surface area contributed by atoms with Gasteiger partial charge in [-0.1, -0.05) is 13.8 Å². The number of hydrogen-bond donors (Lipinski definition) is 1. The van der Waals surface area contributed by atoms with Crippen molar-refractivity contribution in [3.63, 3.8) is 0 Å². The Morgan fingerprint density at radius 1 is 1.19 bits per heavy atom. The van der Waals surface area contributed by atoms with Crippen LogP contribution in [-0.4, -0.2) is 26.9 Å². The third kappa shape index (κ3) is 5.03. The Morgan fingerprint density at radius 3 is 2.44 bits per heavy atom. The average Bonchev–Trinajstić information content (AvgIpc) is 2.28. The fraction of sp³-hybridized carbons (Fsp3) is 0.538. The average molecular weight is 223 g/mol. The van der Waals surface area contributed by atoms with E-state index in [2.05, 4.69) is 19.2 Å². The van der Waals surface area contributed by atoms with E-state index in [1.165, 1.54) is 0 Å². The first kappa shape index (κ1) is 12.8. The van der Waals surface area contributed by atoms with E-state index in [9.17, 15) is 0 Å². The zero-order valence-corrected chi connectivity index (χ0v) is 10.3. The lowest BCUT2D eigenvalue weighted by atomic mass is 10.2. The number of hydrogen-bond acceptors (Lipinski definition) is 3. The Morgan fingerprint density at radius 2 is 1.88 bits per heavy atom. The smallest absolute Gasteiger partial charge is 0.119 e. The van der Waals surface area contributed by atoms with Crippen LogP contribution >= 0.6 is 0 Å². The monoisotopic (exact) mass is 223 g/mol. The summed E-state index contributed by atoms with van der Waals surface area (Å²) in [5.74, 6) is 1.48. The highest BCUT2D eigenvalue weighted by Gasteiger charge is 1.97. The first-order valence-electron chi connectivity index (χ1n) is 5.68. The van der Waals surface area contributed by atoms with Crippen molar-refractivity contribution < 1.29 is 9.47 Å². The second-order valence-corrected chi connectivity index (χ2v) is 4.15. The Labute approximate surface area is 97.8 Å². The number of anilines is 1. The summed E-state index contributed by atoms with van der Waals surface area (Å²) in [6.07, 6.45) is 0. The lowest BCUT2D eigenvalue weighted by Crippen LogP contribution is -2.07. The van der Waals surface area contributed by atoms with Gasteiger partial charge in [0.25, 0.3) is 0 Å². The van der Waals surface area contributed by atoms with E-state index in [0.29, 0.717) is 12.5 Å². The van der Waals surface area contributed by atoms with Crippen molar-refractivity contribution in [2.75, 3.05) is 32.2 Å². The molecule has 0 saturated carbocycles. The third-order valence-electron chi connectivity index (χ3n) is 2.07. The molecule has 0 heterocycles. The van der Waals surface area contributed by atoms with E-state index in [1.807, 2.05) is 24.3 Å². The normalized spacial score (nSPS) is 10.5. The van der Waals surface area contributed by atoms with Crippen molar-refractivity contribution in [3.8, 4) is 5.75 Å². The maximum atomic E-state index is 5.60. The minimum atomic E-state index is 0.555. The van der Waals surface area contributed by atoms with Crippen LogP contribution in [0.3, 0.4) is 0 Å². The van der Waals surface area contributed by atoms with Crippen LogP contribution in [0.25, 0.3) is 0 Å². The Kier molecular flexibility index (Phi) is 5.72. The maximum Gasteiger partial charge on any atom is 0.119 e. The maximum absolute atomic E-state index is 5.60. The Hall–Kier alpha value is -1.22. The van der Waals surface area contributed by atoms with Crippen LogP contribution in [-0.2, 0) is 4.74 Å². The molecule has 3 nitrogen and oxygen atoms in total. The largest absolute Gasteiger partial charge is 0.493 e. The number of methoxy groups -OCH3 is 1. The SMILES string of the molecule is COCCNc1ccc(OCC(C)C)cc1. The molecule has 0 spiro atoms. The zero-order valence-electron chi connectivity index (χ0n) is 10.3. The molecular weight excluding hydrogens is 202 g/mol. The van der Waals surface area contributed by atoms with Gasteiger partial charge in [-0.05, 0) is 30.2 Å². The molecule has 1 aromatic carbocycles. The van der Waals surface area contributed by atoms with E-state index < -0.39 is 0 Å². The van der Waals surface area contributed by atoms with E-state index in [-0.39, 0.29) is 0 Å². The molecule has 0 radical (unpaired) electrons. The minimum Gasteiger partial charge on any atom is -0.493 e. The first-order chi connectivity index (χ1) is 7.72. The topological polar surface area (TPSA) is 30.5 Å². The van der Waals surface area contributed by atoms with Crippen molar-refractivity contribution in [2.45, 2.75) is 13.8 Å². The summed E-state index contributed by atoms with van der Waals surface area (Å²) in [4.78, 5) is 0. The van der Waals surface area contributed by atoms with E-state index in [0.717, 1.165) is 24.6 Å². The van der Waals surface area contributed by atoms with E-state index in [1.54, 1.807) is 7.11 Å². The van der Waals surface area contributed by atoms with Crippen molar-refractivity contribution in [3.05, 3.63) is 24.3 Å². The first-order valence-corrected chi connectivity index (χ1v) is 5.68. The molecule has 1 aromatic rings. The molecule has 0 aliphatic rings. The quantitative estimate of drug-likeness (QED) is 0.721. The van der Waals surface area contributed by atoms with Crippen LogP contribution in [0, 0.1) is 5.92 Å². The van der Waals surface area contributed by atoms with Gasteiger partial charge in [0.15, 0.2) is 0 Å². The van der Waals surface area contributed by atoms with Gasteiger partial charge in [0, 0.05) is 19.3 Å². The van der Waals surface area contributed by atoms with Crippen LogP contribution in [0.5, 0.6) is 5.75 Å². The summed E-state index contributed by atoms with van der Waals surface area (Å²) in [7, 11) is 1.70. The Balaban J connectivity index is 2.35. The van der Waals surface area contributed by atoms with Gasteiger partial charge in [0.2, 0.25) is 0 Å². The summed E-state index contributed by atoms with van der Waals surface area (Å²) in [5, 5.41) is 3.26. The molecular formula is C13H21NO2. The highest BCUT2D eigenvalue weighted by atomic mass is 16.5. The predicted octanol–water partition coefficient (Wildman–Crippen LogP) is 2.78. The van der Waals surface area contributed by atoms with Gasteiger partial charge in [-0.25, -0.2) is 0 Å². The van der Waals surface area contributed by atoms with Crippen molar-refractivity contribution in [1.82, 2.24) is 0 Å². The highest BCUT2D eigenvalue weighted by molar-refractivity contribution is 5.46. The zero-order chi connectivity index (χ0) is 11.8. The fourth-order valence-corrected chi connectivity index (χ4v) is 1.23.